The molecule has 0 bridgehead atoms. The van der Waals surface area contributed by atoms with Crippen LogP contribution in [0, 0.1) is 0 Å². The zero-order chi connectivity index (χ0) is 12.9. The first kappa shape index (κ1) is 15.9. The molecule has 0 radical (unpaired) electrons. The van der Waals surface area contributed by atoms with Gasteiger partial charge in [-0.25, -0.2) is 0 Å². The number of nitrogens with one attached hydrogen (secondary N) is 2. The second kappa shape index (κ2) is 11.3. The first-order valence-electron chi connectivity index (χ1n) is 5.83. The highest BCUT2D eigenvalue weighted by molar-refractivity contribution is 5.75. The molecule has 0 aliphatic carbocycles. The van der Waals surface area contributed by atoms with Crippen LogP contribution < -0.4 is 10.6 Å². The molecule has 0 saturated heterocycles. The summed E-state index contributed by atoms with van der Waals surface area (Å²) in [6, 6.07) is 0. The summed E-state index contributed by atoms with van der Waals surface area (Å²) < 4.78 is 10.4. The summed E-state index contributed by atoms with van der Waals surface area (Å²) >= 11 is 0. The summed E-state index contributed by atoms with van der Waals surface area (Å²) in [4.78, 5) is 21.5. The van der Waals surface area contributed by atoms with Crippen LogP contribution in [-0.2, 0) is 19.1 Å². The first-order chi connectivity index (χ1) is 8.16. The van der Waals surface area contributed by atoms with Crippen LogP contribution in [0.3, 0.4) is 0 Å². The van der Waals surface area contributed by atoms with Crippen molar-refractivity contribution in [3.63, 3.8) is 0 Å². The Labute approximate surface area is 102 Å². The predicted octanol–water partition coefficient (Wildman–Crippen LogP) is -0.318. The van der Waals surface area contributed by atoms with Crippen LogP contribution in [0.4, 0.5) is 0 Å². The lowest BCUT2D eigenvalue weighted by molar-refractivity contribution is -0.122. The fourth-order valence-electron chi connectivity index (χ4n) is 1.07. The maximum atomic E-state index is 11.0. The van der Waals surface area contributed by atoms with Gasteiger partial charge in [0.15, 0.2) is 0 Å². The lowest BCUT2D eigenvalue weighted by Crippen LogP contribution is -2.25. The van der Waals surface area contributed by atoms with Crippen LogP contribution in [0.1, 0.15) is 20.3 Å². The third-order valence-corrected chi connectivity index (χ3v) is 1.84. The summed E-state index contributed by atoms with van der Waals surface area (Å²) in [5, 5.41) is 5.30. The highest BCUT2D eigenvalue weighted by Crippen LogP contribution is 1.84. The SMILES string of the molecule is CCNC(=O)CCOCCOCCNC(C)=O. The van der Waals surface area contributed by atoms with Crippen molar-refractivity contribution >= 4 is 11.8 Å². The molecule has 0 unspecified atom stereocenters. The van der Waals surface area contributed by atoms with Crippen LogP contribution >= 0.6 is 0 Å². The molecule has 6 nitrogen and oxygen atoms in total. The molecule has 0 rings (SSSR count). The summed E-state index contributed by atoms with van der Waals surface area (Å²) in [7, 11) is 0. The van der Waals surface area contributed by atoms with Gasteiger partial charge < -0.3 is 20.1 Å². The van der Waals surface area contributed by atoms with Crippen LogP contribution in [-0.4, -0.2) is 51.3 Å². The maximum absolute atomic E-state index is 11.0. The average molecular weight is 246 g/mol. The van der Waals surface area contributed by atoms with Crippen molar-refractivity contribution < 1.29 is 19.1 Å². The monoisotopic (exact) mass is 246 g/mol. The van der Waals surface area contributed by atoms with Crippen molar-refractivity contribution in [2.24, 2.45) is 0 Å². The van der Waals surface area contributed by atoms with Crippen LogP contribution in [0.2, 0.25) is 0 Å². The minimum absolute atomic E-state index is 0.000855. The molecule has 0 saturated carbocycles. The molecular weight excluding hydrogens is 224 g/mol. The number of amides is 2. The van der Waals surface area contributed by atoms with Gasteiger partial charge in [-0.05, 0) is 6.92 Å². The third-order valence-electron chi connectivity index (χ3n) is 1.84. The van der Waals surface area contributed by atoms with E-state index in [1.165, 1.54) is 6.92 Å². The number of ether oxygens (including phenoxy) is 2. The van der Waals surface area contributed by atoms with E-state index in [-0.39, 0.29) is 11.8 Å². The maximum Gasteiger partial charge on any atom is 0.222 e. The van der Waals surface area contributed by atoms with Gasteiger partial charge in [-0.1, -0.05) is 0 Å². The summed E-state index contributed by atoms with van der Waals surface area (Å²) in [5.41, 5.74) is 0. The van der Waals surface area contributed by atoms with Gasteiger partial charge in [0.25, 0.3) is 0 Å². The third kappa shape index (κ3) is 12.8. The van der Waals surface area contributed by atoms with Crippen LogP contribution in [0.25, 0.3) is 0 Å². The van der Waals surface area contributed by atoms with Gasteiger partial charge in [-0.2, -0.15) is 0 Å². The number of rotatable bonds is 10. The van der Waals surface area contributed by atoms with Crippen LogP contribution in [0.5, 0.6) is 0 Å². The second-order valence-corrected chi connectivity index (χ2v) is 3.41. The summed E-state index contributed by atoms with van der Waals surface area (Å²) in [6.45, 7) is 6.29. The standard InChI is InChI=1S/C11H22N2O4/c1-3-12-11(15)4-6-16-8-9-17-7-5-13-10(2)14/h3-9H2,1-2H3,(H,12,15)(H,13,14). The van der Waals surface area contributed by atoms with Crippen molar-refractivity contribution in [3.8, 4) is 0 Å². The van der Waals surface area contributed by atoms with E-state index in [1.807, 2.05) is 6.92 Å². The number of carbonyl (C=O) groups is 2. The number of hydrogen-bond acceptors (Lipinski definition) is 4. The molecule has 17 heavy (non-hydrogen) atoms. The molecule has 0 spiro atoms. The Bertz CT molecular complexity index is 222. The van der Waals surface area contributed by atoms with Crippen molar-refractivity contribution in [1.29, 1.82) is 0 Å². The molecule has 2 amide bonds. The molecular formula is C11H22N2O4. The zero-order valence-corrected chi connectivity index (χ0v) is 10.6. The molecule has 0 atom stereocenters. The Kier molecular flexibility index (Phi) is 10.6. The Morgan fingerprint density at radius 3 is 2.24 bits per heavy atom. The first-order valence-corrected chi connectivity index (χ1v) is 5.83. The molecule has 0 aromatic heterocycles. The van der Waals surface area contributed by atoms with Gasteiger partial charge in [0, 0.05) is 26.4 Å². The highest BCUT2D eigenvalue weighted by Gasteiger charge is 1.98. The van der Waals surface area contributed by atoms with Crippen molar-refractivity contribution in [2.75, 3.05) is 39.5 Å². The van der Waals surface area contributed by atoms with Gasteiger partial charge >= 0.3 is 0 Å². The van der Waals surface area contributed by atoms with E-state index in [2.05, 4.69) is 10.6 Å². The molecule has 100 valence electrons. The molecule has 2 N–H and O–H groups in total. The quantitative estimate of drug-likeness (QED) is 0.518. The fraction of sp³-hybridized carbons (Fsp3) is 0.818. The molecule has 6 heteroatoms. The lowest BCUT2D eigenvalue weighted by atomic mass is 10.4. The molecule has 0 heterocycles. The highest BCUT2D eigenvalue weighted by atomic mass is 16.5. The zero-order valence-electron chi connectivity index (χ0n) is 10.6. The number of hydrogen-bond donors (Lipinski definition) is 2. The van der Waals surface area contributed by atoms with Gasteiger partial charge in [-0.15, -0.1) is 0 Å². The Morgan fingerprint density at radius 1 is 1.00 bits per heavy atom. The molecule has 0 fully saturated rings. The molecule has 0 aromatic carbocycles. The molecule has 0 aliphatic heterocycles. The van der Waals surface area contributed by atoms with Crippen molar-refractivity contribution in [3.05, 3.63) is 0 Å². The largest absolute Gasteiger partial charge is 0.379 e. The van der Waals surface area contributed by atoms with Crippen LogP contribution in [0.15, 0.2) is 0 Å². The number of carbonyl (C=O) groups excluding carboxylic acids is 2. The Hall–Kier alpha value is -1.14. The van der Waals surface area contributed by atoms with E-state index in [1.54, 1.807) is 0 Å². The van der Waals surface area contributed by atoms with Gasteiger partial charge in [-0.3, -0.25) is 9.59 Å². The smallest absolute Gasteiger partial charge is 0.222 e. The second-order valence-electron chi connectivity index (χ2n) is 3.41. The summed E-state index contributed by atoms with van der Waals surface area (Å²) in [6.07, 6.45) is 0.375. The van der Waals surface area contributed by atoms with Gasteiger partial charge in [0.1, 0.15) is 0 Å². The minimum Gasteiger partial charge on any atom is -0.379 e. The van der Waals surface area contributed by atoms with Gasteiger partial charge in [0.2, 0.25) is 11.8 Å². The van der Waals surface area contributed by atoms with E-state index in [4.69, 9.17) is 9.47 Å². The molecule has 0 aromatic rings. The minimum atomic E-state index is -0.0632. The average Bonchev–Trinajstić information content (AvgIpc) is 2.27. The van der Waals surface area contributed by atoms with E-state index in [0.717, 1.165) is 0 Å². The fourth-order valence-corrected chi connectivity index (χ4v) is 1.07. The predicted molar refractivity (Wildman–Crippen MR) is 63.6 cm³/mol. The molecule has 0 aliphatic rings. The van der Waals surface area contributed by atoms with E-state index in [0.29, 0.717) is 45.9 Å². The van der Waals surface area contributed by atoms with Crippen molar-refractivity contribution in [2.45, 2.75) is 20.3 Å². The Balaban J connectivity index is 3.08. The van der Waals surface area contributed by atoms with E-state index >= 15 is 0 Å². The van der Waals surface area contributed by atoms with Gasteiger partial charge in [0.05, 0.1) is 26.4 Å². The normalized spacial score (nSPS) is 10.0. The van der Waals surface area contributed by atoms with E-state index in [9.17, 15) is 9.59 Å². The Morgan fingerprint density at radius 2 is 1.65 bits per heavy atom. The van der Waals surface area contributed by atoms with E-state index < -0.39 is 0 Å². The summed E-state index contributed by atoms with van der Waals surface area (Å²) in [5.74, 6) is -0.0640. The topological polar surface area (TPSA) is 76.7 Å². The van der Waals surface area contributed by atoms with Crippen molar-refractivity contribution in [1.82, 2.24) is 10.6 Å². The lowest BCUT2D eigenvalue weighted by Gasteiger charge is -2.06.